The maximum atomic E-state index is 12.9. The van der Waals surface area contributed by atoms with E-state index in [9.17, 15) is 4.39 Å². The average Bonchev–Trinajstić information content (AvgIpc) is 3.36. The number of hydrogen-bond donors (Lipinski definition) is 0. The van der Waals surface area contributed by atoms with Crippen LogP contribution < -0.4 is 4.74 Å². The summed E-state index contributed by atoms with van der Waals surface area (Å²) < 4.78 is 29.2. The molecule has 1 fully saturated rings. The molecule has 0 radical (unpaired) electrons. The summed E-state index contributed by atoms with van der Waals surface area (Å²) in [4.78, 5) is 6.62. The van der Waals surface area contributed by atoms with Crippen LogP contribution >= 0.6 is 0 Å². The Morgan fingerprint density at radius 3 is 2.85 bits per heavy atom. The Bertz CT molecular complexity index is 861. The molecule has 3 aromatic rings. The van der Waals surface area contributed by atoms with E-state index in [1.165, 1.54) is 12.1 Å². The van der Waals surface area contributed by atoms with Crippen molar-refractivity contribution in [1.29, 1.82) is 0 Å². The molecule has 136 valence electrons. The van der Waals surface area contributed by atoms with Gasteiger partial charge in [0.1, 0.15) is 11.6 Å². The first-order valence-corrected chi connectivity index (χ1v) is 8.54. The van der Waals surface area contributed by atoms with E-state index in [-0.39, 0.29) is 18.5 Å². The SMILES string of the molecule is Cc1cc(C2CCCN2Cc2nc(COc3ccc(F)cc3)no2)on1. The number of rotatable bonds is 6. The molecule has 8 heteroatoms. The second kappa shape index (κ2) is 7.25. The third kappa shape index (κ3) is 3.75. The van der Waals surface area contributed by atoms with Crippen LogP contribution in [0.25, 0.3) is 0 Å². The normalized spacial score (nSPS) is 17.7. The van der Waals surface area contributed by atoms with Gasteiger partial charge in [0.25, 0.3) is 0 Å². The van der Waals surface area contributed by atoms with Crippen molar-refractivity contribution < 1.29 is 18.2 Å². The third-order valence-corrected chi connectivity index (χ3v) is 4.37. The number of benzene rings is 1. The Morgan fingerprint density at radius 1 is 1.23 bits per heavy atom. The minimum absolute atomic E-state index is 0.167. The van der Waals surface area contributed by atoms with Crippen molar-refractivity contribution in [1.82, 2.24) is 20.2 Å². The number of halogens is 1. The Kier molecular flexibility index (Phi) is 4.66. The van der Waals surface area contributed by atoms with Gasteiger partial charge in [-0.15, -0.1) is 0 Å². The molecule has 0 amide bonds. The zero-order chi connectivity index (χ0) is 17.9. The van der Waals surface area contributed by atoms with Crippen molar-refractivity contribution in [2.75, 3.05) is 6.54 Å². The van der Waals surface area contributed by atoms with Crippen molar-refractivity contribution in [3.8, 4) is 5.75 Å². The van der Waals surface area contributed by atoms with E-state index < -0.39 is 0 Å². The maximum absolute atomic E-state index is 12.9. The summed E-state index contributed by atoms with van der Waals surface area (Å²) in [5.74, 6) is 2.11. The average molecular weight is 358 g/mol. The van der Waals surface area contributed by atoms with Gasteiger partial charge in [-0.25, -0.2) is 4.39 Å². The van der Waals surface area contributed by atoms with Crippen LogP contribution in [0.5, 0.6) is 5.75 Å². The van der Waals surface area contributed by atoms with Crippen LogP contribution in [-0.2, 0) is 13.2 Å². The Labute approximate surface area is 149 Å². The number of hydrogen-bond acceptors (Lipinski definition) is 7. The molecule has 26 heavy (non-hydrogen) atoms. The summed E-state index contributed by atoms with van der Waals surface area (Å²) in [7, 11) is 0. The van der Waals surface area contributed by atoms with Gasteiger partial charge in [0.05, 0.1) is 18.3 Å². The lowest BCUT2D eigenvalue weighted by Gasteiger charge is -2.19. The first kappa shape index (κ1) is 16.7. The molecule has 0 bridgehead atoms. The summed E-state index contributed by atoms with van der Waals surface area (Å²) in [6.07, 6.45) is 2.10. The molecule has 1 aliphatic rings. The highest BCUT2D eigenvalue weighted by Gasteiger charge is 2.30. The van der Waals surface area contributed by atoms with Gasteiger partial charge >= 0.3 is 0 Å². The number of ether oxygens (including phenoxy) is 1. The van der Waals surface area contributed by atoms with Crippen molar-refractivity contribution >= 4 is 0 Å². The van der Waals surface area contributed by atoms with Crippen LogP contribution in [0, 0.1) is 12.7 Å². The van der Waals surface area contributed by atoms with Gasteiger partial charge in [-0.2, -0.15) is 4.98 Å². The number of aryl methyl sites for hydroxylation is 1. The number of nitrogens with zero attached hydrogens (tertiary/aromatic N) is 4. The van der Waals surface area contributed by atoms with Crippen LogP contribution in [0.2, 0.25) is 0 Å². The quantitative estimate of drug-likeness (QED) is 0.668. The highest BCUT2D eigenvalue weighted by Crippen LogP contribution is 2.33. The second-order valence-corrected chi connectivity index (χ2v) is 6.35. The highest BCUT2D eigenvalue weighted by molar-refractivity contribution is 5.22. The molecule has 1 aliphatic heterocycles. The lowest BCUT2D eigenvalue weighted by molar-refractivity contribution is 0.183. The summed E-state index contributed by atoms with van der Waals surface area (Å²) in [6, 6.07) is 7.96. The summed E-state index contributed by atoms with van der Waals surface area (Å²) in [6.45, 7) is 3.57. The van der Waals surface area contributed by atoms with E-state index in [2.05, 4.69) is 20.2 Å². The molecule has 0 aliphatic carbocycles. The van der Waals surface area contributed by atoms with Gasteiger partial charge in [-0.3, -0.25) is 4.90 Å². The Morgan fingerprint density at radius 2 is 2.08 bits per heavy atom. The van der Waals surface area contributed by atoms with Gasteiger partial charge < -0.3 is 13.8 Å². The van der Waals surface area contributed by atoms with Gasteiger partial charge in [0.15, 0.2) is 12.4 Å². The minimum Gasteiger partial charge on any atom is -0.485 e. The fourth-order valence-electron chi connectivity index (χ4n) is 3.14. The molecular formula is C18H19FN4O3. The van der Waals surface area contributed by atoms with Crippen molar-refractivity contribution in [2.45, 2.75) is 39.0 Å². The molecule has 3 heterocycles. The molecule has 1 aromatic carbocycles. The largest absolute Gasteiger partial charge is 0.485 e. The predicted molar refractivity (Wildman–Crippen MR) is 88.7 cm³/mol. The highest BCUT2D eigenvalue weighted by atomic mass is 19.1. The molecule has 1 atom stereocenters. The summed E-state index contributed by atoms with van der Waals surface area (Å²) in [5.41, 5.74) is 0.880. The van der Waals surface area contributed by atoms with E-state index >= 15 is 0 Å². The fraction of sp³-hybridized carbons (Fsp3) is 0.389. The lowest BCUT2D eigenvalue weighted by Crippen LogP contribution is -2.22. The molecule has 0 spiro atoms. The van der Waals surface area contributed by atoms with Crippen LogP contribution in [-0.4, -0.2) is 26.7 Å². The number of likely N-dealkylation sites (tertiary alicyclic amines) is 1. The van der Waals surface area contributed by atoms with Crippen LogP contribution in [0.1, 0.15) is 42.1 Å². The monoisotopic (exact) mass is 358 g/mol. The zero-order valence-electron chi connectivity index (χ0n) is 14.4. The van der Waals surface area contributed by atoms with E-state index in [1.807, 2.05) is 13.0 Å². The third-order valence-electron chi connectivity index (χ3n) is 4.37. The second-order valence-electron chi connectivity index (χ2n) is 6.35. The zero-order valence-corrected chi connectivity index (χ0v) is 14.4. The van der Waals surface area contributed by atoms with Crippen molar-refractivity contribution in [3.05, 3.63) is 59.3 Å². The minimum atomic E-state index is -0.304. The first-order chi connectivity index (χ1) is 12.7. The molecule has 2 aromatic heterocycles. The van der Waals surface area contributed by atoms with E-state index in [0.29, 0.717) is 24.0 Å². The smallest absolute Gasteiger partial charge is 0.240 e. The van der Waals surface area contributed by atoms with Gasteiger partial charge in [0.2, 0.25) is 11.7 Å². The molecule has 1 unspecified atom stereocenters. The van der Waals surface area contributed by atoms with Crippen LogP contribution in [0.15, 0.2) is 39.4 Å². The van der Waals surface area contributed by atoms with E-state index in [4.69, 9.17) is 13.8 Å². The fourth-order valence-corrected chi connectivity index (χ4v) is 3.14. The molecule has 7 nitrogen and oxygen atoms in total. The molecule has 4 rings (SSSR count). The van der Waals surface area contributed by atoms with Crippen molar-refractivity contribution in [3.63, 3.8) is 0 Å². The van der Waals surface area contributed by atoms with E-state index in [1.54, 1.807) is 12.1 Å². The van der Waals surface area contributed by atoms with Crippen LogP contribution in [0.4, 0.5) is 4.39 Å². The first-order valence-electron chi connectivity index (χ1n) is 8.54. The lowest BCUT2D eigenvalue weighted by atomic mass is 10.1. The summed E-state index contributed by atoms with van der Waals surface area (Å²) in [5, 5.41) is 7.92. The van der Waals surface area contributed by atoms with Crippen molar-refractivity contribution in [2.24, 2.45) is 0 Å². The van der Waals surface area contributed by atoms with Gasteiger partial charge in [0, 0.05) is 6.07 Å². The maximum Gasteiger partial charge on any atom is 0.240 e. The van der Waals surface area contributed by atoms with E-state index in [0.717, 1.165) is 30.8 Å². The molecule has 0 N–H and O–H groups in total. The van der Waals surface area contributed by atoms with Crippen LogP contribution in [0.3, 0.4) is 0 Å². The molecule has 1 saturated heterocycles. The Hall–Kier alpha value is -2.74. The van der Waals surface area contributed by atoms with Gasteiger partial charge in [-0.1, -0.05) is 10.3 Å². The molecule has 0 saturated carbocycles. The standard InChI is InChI=1S/C18H19FN4O3/c1-12-9-16(25-21-12)15-3-2-8-23(15)10-18-20-17(22-26-18)11-24-14-6-4-13(19)5-7-14/h4-7,9,15H,2-3,8,10-11H2,1H3. The number of aromatic nitrogens is 3. The van der Waals surface area contributed by atoms with Gasteiger partial charge in [-0.05, 0) is 50.6 Å². The predicted octanol–water partition coefficient (Wildman–Crippen LogP) is 3.42. The molecular weight excluding hydrogens is 339 g/mol. The topological polar surface area (TPSA) is 77.4 Å². The Balaban J connectivity index is 1.36. The summed E-state index contributed by atoms with van der Waals surface area (Å²) >= 11 is 0.